The lowest BCUT2D eigenvalue weighted by Gasteiger charge is -2.17. The van der Waals surface area contributed by atoms with Gasteiger partial charge in [-0.3, -0.25) is 0 Å². The summed E-state index contributed by atoms with van der Waals surface area (Å²) in [6.07, 6.45) is 1.18. The molecular formula is C18H24N2O3S. The molecule has 5 nitrogen and oxygen atoms in total. The number of sulfonamides is 1. The number of rotatable bonds is 8. The number of hydrogen-bond donors (Lipinski definition) is 3. The molecule has 0 heterocycles. The van der Waals surface area contributed by atoms with Crippen LogP contribution in [0.1, 0.15) is 30.6 Å². The summed E-state index contributed by atoms with van der Waals surface area (Å²) in [4.78, 5) is 0.128. The minimum atomic E-state index is -3.64. The number of benzene rings is 2. The molecule has 2 aromatic rings. The predicted octanol–water partition coefficient (Wildman–Crippen LogP) is 1.98. The summed E-state index contributed by atoms with van der Waals surface area (Å²) in [6.45, 7) is 2.56. The minimum Gasteiger partial charge on any atom is -0.387 e. The molecule has 24 heavy (non-hydrogen) atoms. The van der Waals surface area contributed by atoms with Crippen LogP contribution in [0, 0.1) is 0 Å². The number of aliphatic hydroxyl groups excluding tert-OH is 1. The van der Waals surface area contributed by atoms with Crippen molar-refractivity contribution in [2.24, 2.45) is 5.14 Å². The van der Waals surface area contributed by atoms with Crippen molar-refractivity contribution in [1.82, 2.24) is 5.32 Å². The molecule has 4 N–H and O–H groups in total. The number of hydrogen-bond acceptors (Lipinski definition) is 4. The van der Waals surface area contributed by atoms with E-state index in [-0.39, 0.29) is 10.9 Å². The van der Waals surface area contributed by atoms with Crippen molar-refractivity contribution in [3.05, 3.63) is 65.7 Å². The number of nitrogens with one attached hydrogen (secondary N) is 1. The van der Waals surface area contributed by atoms with Gasteiger partial charge in [-0.1, -0.05) is 42.5 Å². The van der Waals surface area contributed by atoms with Crippen LogP contribution in [-0.2, 0) is 16.4 Å². The van der Waals surface area contributed by atoms with Gasteiger partial charge in [0.15, 0.2) is 0 Å². The number of aryl methyl sites for hydroxylation is 1. The highest BCUT2D eigenvalue weighted by molar-refractivity contribution is 7.89. The highest BCUT2D eigenvalue weighted by Crippen LogP contribution is 2.13. The fourth-order valence-corrected chi connectivity index (χ4v) is 2.95. The van der Waals surface area contributed by atoms with Gasteiger partial charge in [-0.25, -0.2) is 13.6 Å². The van der Waals surface area contributed by atoms with Gasteiger partial charge < -0.3 is 10.4 Å². The van der Waals surface area contributed by atoms with Crippen LogP contribution < -0.4 is 10.5 Å². The van der Waals surface area contributed by atoms with Crippen molar-refractivity contribution >= 4 is 10.0 Å². The molecule has 130 valence electrons. The van der Waals surface area contributed by atoms with E-state index in [9.17, 15) is 13.5 Å². The Morgan fingerprint density at radius 2 is 1.71 bits per heavy atom. The second-order valence-electron chi connectivity index (χ2n) is 5.96. The van der Waals surface area contributed by atoms with Gasteiger partial charge in [0.05, 0.1) is 11.0 Å². The second-order valence-corrected chi connectivity index (χ2v) is 7.52. The van der Waals surface area contributed by atoms with Crippen LogP contribution in [0.2, 0.25) is 0 Å². The Kier molecular flexibility index (Phi) is 6.51. The lowest BCUT2D eigenvalue weighted by molar-refractivity contribution is 0.170. The Bertz CT molecular complexity index is 731. The largest absolute Gasteiger partial charge is 0.387 e. The molecule has 0 bridgehead atoms. The molecule has 2 rings (SSSR count). The number of aliphatic hydroxyl groups is 1. The third-order valence-corrected chi connectivity index (χ3v) is 4.89. The highest BCUT2D eigenvalue weighted by Gasteiger charge is 2.10. The Hall–Kier alpha value is -1.73. The van der Waals surface area contributed by atoms with E-state index >= 15 is 0 Å². The molecule has 0 spiro atoms. The zero-order valence-electron chi connectivity index (χ0n) is 13.7. The summed E-state index contributed by atoms with van der Waals surface area (Å²) in [6, 6.07) is 16.4. The van der Waals surface area contributed by atoms with Gasteiger partial charge >= 0.3 is 0 Å². The first kappa shape index (κ1) is 18.6. The predicted molar refractivity (Wildman–Crippen MR) is 95.0 cm³/mol. The lowest BCUT2D eigenvalue weighted by atomic mass is 10.1. The summed E-state index contributed by atoms with van der Waals surface area (Å²) < 4.78 is 22.4. The van der Waals surface area contributed by atoms with Crippen molar-refractivity contribution < 1.29 is 13.5 Å². The van der Waals surface area contributed by atoms with Crippen LogP contribution >= 0.6 is 0 Å². The first-order chi connectivity index (χ1) is 11.4. The molecular weight excluding hydrogens is 324 g/mol. The fraction of sp³-hybridized carbons (Fsp3) is 0.333. The van der Waals surface area contributed by atoms with Gasteiger partial charge in [0.2, 0.25) is 10.0 Å². The molecule has 0 unspecified atom stereocenters. The third-order valence-electron chi connectivity index (χ3n) is 3.96. The quantitative estimate of drug-likeness (QED) is 0.680. The Labute approximate surface area is 143 Å². The summed E-state index contributed by atoms with van der Waals surface area (Å²) in [5.41, 5.74) is 1.95. The summed E-state index contributed by atoms with van der Waals surface area (Å²) in [7, 11) is -3.64. The monoisotopic (exact) mass is 348 g/mol. The molecule has 0 aromatic heterocycles. The van der Waals surface area contributed by atoms with Gasteiger partial charge in [0.1, 0.15) is 0 Å². The van der Waals surface area contributed by atoms with Crippen LogP contribution in [0.4, 0.5) is 0 Å². The molecule has 0 aliphatic heterocycles. The molecule has 0 aliphatic rings. The van der Waals surface area contributed by atoms with Crippen LogP contribution in [0.25, 0.3) is 0 Å². The topological polar surface area (TPSA) is 92.4 Å². The first-order valence-electron chi connectivity index (χ1n) is 7.94. The smallest absolute Gasteiger partial charge is 0.238 e. The van der Waals surface area contributed by atoms with Crippen molar-refractivity contribution in [1.29, 1.82) is 0 Å². The van der Waals surface area contributed by atoms with Gasteiger partial charge in [0, 0.05) is 12.6 Å². The second kappa shape index (κ2) is 8.39. The maximum Gasteiger partial charge on any atom is 0.238 e. The third kappa shape index (κ3) is 5.72. The van der Waals surface area contributed by atoms with Crippen LogP contribution in [-0.4, -0.2) is 26.1 Å². The summed E-state index contributed by atoms with van der Waals surface area (Å²) >= 11 is 0. The van der Waals surface area contributed by atoms with E-state index in [1.807, 2.05) is 30.3 Å². The number of nitrogens with two attached hydrogens (primary N) is 1. The van der Waals surface area contributed by atoms with Gasteiger partial charge in [0.25, 0.3) is 0 Å². The number of primary sulfonamides is 1. The van der Waals surface area contributed by atoms with Gasteiger partial charge in [-0.05, 0) is 43.0 Å². The Morgan fingerprint density at radius 1 is 1.08 bits per heavy atom. The van der Waals surface area contributed by atoms with E-state index in [0.717, 1.165) is 24.0 Å². The van der Waals surface area contributed by atoms with Gasteiger partial charge in [-0.15, -0.1) is 0 Å². The Balaban J connectivity index is 1.78. The van der Waals surface area contributed by atoms with Crippen LogP contribution in [0.5, 0.6) is 0 Å². The van der Waals surface area contributed by atoms with E-state index in [4.69, 9.17) is 5.14 Å². The first-order valence-corrected chi connectivity index (χ1v) is 9.49. The Morgan fingerprint density at radius 3 is 2.29 bits per heavy atom. The maximum atomic E-state index is 11.2. The zero-order chi connectivity index (χ0) is 17.6. The molecule has 0 fully saturated rings. The van der Waals surface area contributed by atoms with Crippen LogP contribution in [0.3, 0.4) is 0 Å². The van der Waals surface area contributed by atoms with Crippen molar-refractivity contribution in [3.63, 3.8) is 0 Å². The van der Waals surface area contributed by atoms with E-state index in [2.05, 4.69) is 12.2 Å². The molecule has 0 saturated carbocycles. The van der Waals surface area contributed by atoms with E-state index in [1.165, 1.54) is 12.1 Å². The average molecular weight is 348 g/mol. The summed E-state index contributed by atoms with van der Waals surface area (Å²) in [5, 5.41) is 18.5. The van der Waals surface area contributed by atoms with Crippen LogP contribution in [0.15, 0.2) is 59.5 Å². The normalized spacial score (nSPS) is 14.3. The average Bonchev–Trinajstić information content (AvgIpc) is 2.58. The molecule has 0 radical (unpaired) electrons. The molecule has 0 amide bonds. The van der Waals surface area contributed by atoms with E-state index in [1.54, 1.807) is 12.1 Å². The molecule has 0 aliphatic carbocycles. The standard InChI is InChI=1S/C18H24N2O3S/c1-14(20-13-18(21)16-5-3-2-4-6-16)7-8-15-9-11-17(12-10-15)24(19,22)23/h2-6,9-12,14,18,20-21H,7-8,13H2,1H3,(H2,19,22,23)/t14-,18-/m0/s1. The van der Waals surface area contributed by atoms with E-state index in [0.29, 0.717) is 6.54 Å². The van der Waals surface area contributed by atoms with Crippen molar-refractivity contribution in [2.75, 3.05) is 6.54 Å². The molecule has 0 saturated heterocycles. The van der Waals surface area contributed by atoms with Crippen molar-refractivity contribution in [2.45, 2.75) is 36.8 Å². The minimum absolute atomic E-state index is 0.128. The highest BCUT2D eigenvalue weighted by atomic mass is 32.2. The fourth-order valence-electron chi connectivity index (χ4n) is 2.44. The molecule has 2 atom stereocenters. The SMILES string of the molecule is C[C@@H](CCc1ccc(S(N)(=O)=O)cc1)NC[C@H](O)c1ccccc1. The summed E-state index contributed by atoms with van der Waals surface area (Å²) in [5.74, 6) is 0. The van der Waals surface area contributed by atoms with Crippen molar-refractivity contribution in [3.8, 4) is 0 Å². The molecule has 6 heteroatoms. The maximum absolute atomic E-state index is 11.2. The van der Waals surface area contributed by atoms with E-state index < -0.39 is 16.1 Å². The lowest BCUT2D eigenvalue weighted by Crippen LogP contribution is -2.30. The zero-order valence-corrected chi connectivity index (χ0v) is 14.5. The van der Waals surface area contributed by atoms with Gasteiger partial charge in [-0.2, -0.15) is 0 Å². The molecule has 2 aromatic carbocycles.